The van der Waals surface area contributed by atoms with Gasteiger partial charge in [0.2, 0.25) is 5.95 Å². The molecule has 0 unspecified atom stereocenters. The summed E-state index contributed by atoms with van der Waals surface area (Å²) in [4.78, 5) is 20.9. The minimum absolute atomic E-state index is 0.0722. The molecule has 0 radical (unpaired) electrons. The fourth-order valence-corrected chi connectivity index (χ4v) is 3.12. The summed E-state index contributed by atoms with van der Waals surface area (Å²) in [6, 6.07) is 8.61. The van der Waals surface area contributed by atoms with Crippen molar-refractivity contribution >= 4 is 11.9 Å². The molecule has 3 rings (SSSR count). The summed E-state index contributed by atoms with van der Waals surface area (Å²) in [5.74, 6) is 0.462. The van der Waals surface area contributed by atoms with E-state index in [0.29, 0.717) is 18.1 Å². The van der Waals surface area contributed by atoms with Gasteiger partial charge in [-0.05, 0) is 25.3 Å². The van der Waals surface area contributed by atoms with E-state index in [1.165, 1.54) is 36.8 Å². The van der Waals surface area contributed by atoms with Gasteiger partial charge in [-0.2, -0.15) is 0 Å². The van der Waals surface area contributed by atoms with E-state index < -0.39 is 0 Å². The average molecular weight is 338 g/mol. The van der Waals surface area contributed by atoms with Gasteiger partial charge in [-0.1, -0.05) is 55.5 Å². The summed E-state index contributed by atoms with van der Waals surface area (Å²) in [6.45, 7) is 2.73. The van der Waals surface area contributed by atoms with Gasteiger partial charge in [-0.25, -0.2) is 9.97 Å². The molecule has 1 saturated carbocycles. The van der Waals surface area contributed by atoms with Gasteiger partial charge in [0.05, 0.1) is 5.56 Å². The minimum Gasteiger partial charge on any atom is -0.350 e. The normalized spacial score (nSPS) is 15.4. The number of carbonyl (C=O) groups is 1. The Kier molecular flexibility index (Phi) is 5.99. The zero-order valence-electron chi connectivity index (χ0n) is 14.8. The second-order valence-corrected chi connectivity index (χ2v) is 6.80. The first-order valence-corrected chi connectivity index (χ1v) is 9.13. The zero-order valence-corrected chi connectivity index (χ0v) is 14.8. The third-order valence-electron chi connectivity index (χ3n) is 4.68. The van der Waals surface area contributed by atoms with Crippen LogP contribution in [0.3, 0.4) is 0 Å². The quantitative estimate of drug-likeness (QED) is 0.813. The molecule has 132 valence electrons. The lowest BCUT2D eigenvalue weighted by molar-refractivity contribution is 0.0932. The molecular formula is C20H26N4O. The van der Waals surface area contributed by atoms with Gasteiger partial charge in [0.1, 0.15) is 0 Å². The molecule has 2 aromatic rings. The van der Waals surface area contributed by atoms with Gasteiger partial charge in [0.15, 0.2) is 0 Å². The van der Waals surface area contributed by atoms with Crippen molar-refractivity contribution in [3.8, 4) is 0 Å². The molecular weight excluding hydrogens is 312 g/mol. The topological polar surface area (TPSA) is 66.9 Å². The number of benzene rings is 1. The van der Waals surface area contributed by atoms with E-state index in [1.54, 1.807) is 12.4 Å². The van der Waals surface area contributed by atoms with Crippen molar-refractivity contribution < 1.29 is 4.79 Å². The number of rotatable bonds is 5. The highest BCUT2D eigenvalue weighted by Gasteiger charge is 2.16. The number of aryl methyl sites for hydroxylation is 1. The minimum atomic E-state index is -0.0722. The molecule has 1 aromatic heterocycles. The molecule has 25 heavy (non-hydrogen) atoms. The molecule has 0 atom stereocenters. The third kappa shape index (κ3) is 5.28. The van der Waals surface area contributed by atoms with Crippen LogP contribution in [0.4, 0.5) is 5.95 Å². The van der Waals surface area contributed by atoms with Crippen molar-refractivity contribution in [3.63, 3.8) is 0 Å². The standard InChI is InChI=1S/C20H26N4O/c1-15-8-10-16(11-9-15)12-21-20-22-13-17(14-23-20)19(25)24-18-6-4-2-3-5-7-18/h8-11,13-14,18H,2-7,12H2,1H3,(H,24,25)(H,21,22,23). The lowest BCUT2D eigenvalue weighted by Gasteiger charge is -2.16. The number of anilines is 1. The second kappa shape index (κ2) is 8.60. The van der Waals surface area contributed by atoms with Crippen molar-refractivity contribution in [2.75, 3.05) is 5.32 Å². The Bertz CT molecular complexity index is 674. The summed E-state index contributed by atoms with van der Waals surface area (Å²) < 4.78 is 0. The smallest absolute Gasteiger partial charge is 0.254 e. The number of carbonyl (C=O) groups excluding carboxylic acids is 1. The summed E-state index contributed by atoms with van der Waals surface area (Å²) in [5, 5.41) is 6.30. The SMILES string of the molecule is Cc1ccc(CNc2ncc(C(=O)NC3CCCCCC3)cn2)cc1. The van der Waals surface area contributed by atoms with Crippen LogP contribution < -0.4 is 10.6 Å². The van der Waals surface area contributed by atoms with Gasteiger partial charge in [-0.15, -0.1) is 0 Å². The number of nitrogens with one attached hydrogen (secondary N) is 2. The molecule has 5 nitrogen and oxygen atoms in total. The van der Waals surface area contributed by atoms with Crippen LogP contribution in [0.25, 0.3) is 0 Å². The Morgan fingerprint density at radius 2 is 1.68 bits per heavy atom. The number of amides is 1. The average Bonchev–Trinajstić information content (AvgIpc) is 2.90. The number of aromatic nitrogens is 2. The summed E-state index contributed by atoms with van der Waals surface area (Å²) in [5.41, 5.74) is 2.93. The lowest BCUT2D eigenvalue weighted by atomic mass is 10.1. The van der Waals surface area contributed by atoms with Crippen molar-refractivity contribution in [3.05, 3.63) is 53.3 Å². The monoisotopic (exact) mass is 338 g/mol. The van der Waals surface area contributed by atoms with Crippen LogP contribution in [-0.4, -0.2) is 21.9 Å². The first-order chi connectivity index (χ1) is 12.2. The molecule has 2 N–H and O–H groups in total. The van der Waals surface area contributed by atoms with E-state index in [2.05, 4.69) is 51.8 Å². The van der Waals surface area contributed by atoms with E-state index in [9.17, 15) is 4.79 Å². The first kappa shape index (κ1) is 17.4. The Balaban J connectivity index is 1.52. The van der Waals surface area contributed by atoms with Gasteiger partial charge < -0.3 is 10.6 Å². The number of nitrogens with zero attached hydrogens (tertiary/aromatic N) is 2. The first-order valence-electron chi connectivity index (χ1n) is 9.13. The van der Waals surface area contributed by atoms with Crippen LogP contribution in [0.15, 0.2) is 36.7 Å². The highest BCUT2D eigenvalue weighted by Crippen LogP contribution is 2.17. The molecule has 0 aliphatic heterocycles. The maximum atomic E-state index is 12.3. The summed E-state index contributed by atoms with van der Waals surface area (Å²) in [7, 11) is 0. The van der Waals surface area contributed by atoms with Gasteiger partial charge in [-0.3, -0.25) is 4.79 Å². The van der Waals surface area contributed by atoms with Crippen molar-refractivity contribution in [1.29, 1.82) is 0 Å². The van der Waals surface area contributed by atoms with Crippen molar-refractivity contribution in [1.82, 2.24) is 15.3 Å². The predicted molar refractivity (Wildman–Crippen MR) is 99.5 cm³/mol. The second-order valence-electron chi connectivity index (χ2n) is 6.80. The summed E-state index contributed by atoms with van der Waals surface area (Å²) in [6.07, 6.45) is 10.3. The van der Waals surface area contributed by atoms with Crippen LogP contribution in [0.1, 0.15) is 60.0 Å². The number of hydrogen-bond donors (Lipinski definition) is 2. The van der Waals surface area contributed by atoms with Crippen molar-refractivity contribution in [2.24, 2.45) is 0 Å². The maximum Gasteiger partial charge on any atom is 0.254 e. The predicted octanol–water partition coefficient (Wildman–Crippen LogP) is 3.85. The summed E-state index contributed by atoms with van der Waals surface area (Å²) >= 11 is 0. The fraction of sp³-hybridized carbons (Fsp3) is 0.450. The van der Waals surface area contributed by atoms with Crippen molar-refractivity contribution in [2.45, 2.75) is 58.0 Å². The fourth-order valence-electron chi connectivity index (χ4n) is 3.12. The van der Waals surface area contributed by atoms with E-state index in [1.807, 2.05) is 0 Å². The Labute approximate surface area is 149 Å². The third-order valence-corrected chi connectivity index (χ3v) is 4.68. The van der Waals surface area contributed by atoms with Crippen LogP contribution >= 0.6 is 0 Å². The lowest BCUT2D eigenvalue weighted by Crippen LogP contribution is -2.34. The molecule has 1 aliphatic rings. The van der Waals surface area contributed by atoms with E-state index >= 15 is 0 Å². The van der Waals surface area contributed by atoms with Crippen LogP contribution in [0.2, 0.25) is 0 Å². The van der Waals surface area contributed by atoms with Crippen LogP contribution in [0.5, 0.6) is 0 Å². The highest BCUT2D eigenvalue weighted by atomic mass is 16.1. The largest absolute Gasteiger partial charge is 0.350 e. The molecule has 1 fully saturated rings. The van der Waals surface area contributed by atoms with Gasteiger partial charge in [0, 0.05) is 25.0 Å². The molecule has 5 heteroatoms. The Morgan fingerprint density at radius 1 is 1.04 bits per heavy atom. The Morgan fingerprint density at radius 3 is 2.32 bits per heavy atom. The number of hydrogen-bond acceptors (Lipinski definition) is 4. The zero-order chi connectivity index (χ0) is 17.5. The van der Waals surface area contributed by atoms with Gasteiger partial charge >= 0.3 is 0 Å². The van der Waals surface area contributed by atoms with Crippen LogP contribution in [0, 0.1) is 6.92 Å². The van der Waals surface area contributed by atoms with E-state index in [4.69, 9.17) is 0 Å². The molecule has 0 spiro atoms. The van der Waals surface area contributed by atoms with Crippen LogP contribution in [-0.2, 0) is 6.54 Å². The molecule has 1 aromatic carbocycles. The molecule has 0 bridgehead atoms. The van der Waals surface area contributed by atoms with E-state index in [-0.39, 0.29) is 11.9 Å². The molecule has 1 aliphatic carbocycles. The maximum absolute atomic E-state index is 12.3. The molecule has 1 heterocycles. The van der Waals surface area contributed by atoms with Gasteiger partial charge in [0.25, 0.3) is 5.91 Å². The molecule has 1 amide bonds. The molecule has 0 saturated heterocycles. The van der Waals surface area contributed by atoms with E-state index in [0.717, 1.165) is 12.8 Å². The Hall–Kier alpha value is -2.43. The highest BCUT2D eigenvalue weighted by molar-refractivity contribution is 5.93.